The van der Waals surface area contributed by atoms with Gasteiger partial charge in [0.05, 0.1) is 22.6 Å². The van der Waals surface area contributed by atoms with Crippen molar-refractivity contribution in [2.24, 2.45) is 5.73 Å². The Labute approximate surface area is 119 Å². The van der Waals surface area contributed by atoms with Crippen LogP contribution in [0, 0.1) is 15.9 Å². The molecule has 0 amide bonds. The molecule has 0 aliphatic carbocycles. The van der Waals surface area contributed by atoms with E-state index in [9.17, 15) is 14.5 Å². The van der Waals surface area contributed by atoms with Crippen LogP contribution in [0.2, 0.25) is 0 Å². The van der Waals surface area contributed by atoms with Crippen LogP contribution in [0.15, 0.2) is 22.7 Å². The van der Waals surface area contributed by atoms with Gasteiger partial charge in [-0.1, -0.05) is 5.16 Å². The fourth-order valence-electron chi connectivity index (χ4n) is 1.76. The van der Waals surface area contributed by atoms with E-state index in [1.807, 2.05) is 19.0 Å². The summed E-state index contributed by atoms with van der Waals surface area (Å²) in [4.78, 5) is 15.8. The molecule has 1 heterocycles. The molecule has 1 aromatic carbocycles. The van der Waals surface area contributed by atoms with Gasteiger partial charge in [-0.25, -0.2) is 4.39 Å². The highest BCUT2D eigenvalue weighted by molar-refractivity contribution is 5.56. The average Bonchev–Trinajstić information content (AvgIpc) is 2.87. The highest BCUT2D eigenvalue weighted by Gasteiger charge is 2.19. The molecule has 0 aliphatic rings. The van der Waals surface area contributed by atoms with Crippen LogP contribution in [0.4, 0.5) is 10.1 Å². The molecule has 0 saturated carbocycles. The number of likely N-dealkylation sites (N-methyl/N-ethyl adjacent to an activating group) is 1. The monoisotopic (exact) mass is 295 g/mol. The smallest absolute Gasteiger partial charge is 0.272 e. The zero-order valence-electron chi connectivity index (χ0n) is 11.5. The third-order valence-electron chi connectivity index (χ3n) is 2.73. The largest absolute Gasteiger partial charge is 0.334 e. The summed E-state index contributed by atoms with van der Waals surface area (Å²) in [5, 5.41) is 14.3. The molecule has 21 heavy (non-hydrogen) atoms. The minimum absolute atomic E-state index is 0.00333. The van der Waals surface area contributed by atoms with Crippen molar-refractivity contribution in [3.63, 3.8) is 0 Å². The van der Waals surface area contributed by atoms with Crippen molar-refractivity contribution in [2.75, 3.05) is 20.6 Å². The lowest BCUT2D eigenvalue weighted by atomic mass is 10.2. The van der Waals surface area contributed by atoms with Crippen LogP contribution in [0.3, 0.4) is 0 Å². The van der Waals surface area contributed by atoms with Crippen molar-refractivity contribution in [2.45, 2.75) is 6.04 Å². The normalized spacial score (nSPS) is 12.6. The van der Waals surface area contributed by atoms with E-state index < -0.39 is 16.8 Å². The second-order valence-corrected chi connectivity index (χ2v) is 4.75. The van der Waals surface area contributed by atoms with Gasteiger partial charge in [-0.15, -0.1) is 0 Å². The maximum Gasteiger partial charge on any atom is 0.272 e. The summed E-state index contributed by atoms with van der Waals surface area (Å²) >= 11 is 0. The van der Waals surface area contributed by atoms with Crippen LogP contribution in [0.1, 0.15) is 11.9 Å². The SMILES string of the molecule is CN(C)CC(N)c1noc(-c2ccc([N+](=O)[O-])cc2F)n1. The Balaban J connectivity index is 2.27. The predicted molar refractivity (Wildman–Crippen MR) is 71.8 cm³/mol. The molecule has 0 bridgehead atoms. The molecule has 0 aliphatic heterocycles. The van der Waals surface area contributed by atoms with Gasteiger partial charge in [0, 0.05) is 12.6 Å². The molecule has 0 spiro atoms. The van der Waals surface area contributed by atoms with Gasteiger partial charge in [0.15, 0.2) is 5.82 Å². The minimum Gasteiger partial charge on any atom is -0.334 e. The molecule has 0 radical (unpaired) electrons. The second kappa shape index (κ2) is 5.94. The van der Waals surface area contributed by atoms with Crippen LogP contribution >= 0.6 is 0 Å². The molecule has 0 saturated heterocycles. The van der Waals surface area contributed by atoms with E-state index in [2.05, 4.69) is 10.1 Å². The maximum absolute atomic E-state index is 13.8. The van der Waals surface area contributed by atoms with Crippen LogP contribution < -0.4 is 5.73 Å². The third-order valence-corrected chi connectivity index (χ3v) is 2.73. The molecule has 1 atom stereocenters. The van der Waals surface area contributed by atoms with E-state index in [4.69, 9.17) is 10.3 Å². The van der Waals surface area contributed by atoms with Crippen molar-refractivity contribution in [3.05, 3.63) is 40.0 Å². The van der Waals surface area contributed by atoms with Gasteiger partial charge in [0.25, 0.3) is 11.6 Å². The first-order chi connectivity index (χ1) is 9.88. The number of nitro benzene ring substituents is 1. The zero-order valence-corrected chi connectivity index (χ0v) is 11.5. The van der Waals surface area contributed by atoms with E-state index >= 15 is 0 Å². The Morgan fingerprint density at radius 2 is 2.24 bits per heavy atom. The Hall–Kier alpha value is -2.39. The van der Waals surface area contributed by atoms with Gasteiger partial charge in [-0.05, 0) is 20.2 Å². The Morgan fingerprint density at radius 3 is 2.81 bits per heavy atom. The minimum atomic E-state index is -0.805. The quantitative estimate of drug-likeness (QED) is 0.654. The van der Waals surface area contributed by atoms with Crippen molar-refractivity contribution in [1.29, 1.82) is 0 Å². The summed E-state index contributed by atoms with van der Waals surface area (Å²) in [7, 11) is 3.69. The summed E-state index contributed by atoms with van der Waals surface area (Å²) < 4.78 is 18.8. The standard InChI is InChI=1S/C12H14FN5O3/c1-17(2)6-10(14)11-15-12(21-16-11)8-4-3-7(18(19)20)5-9(8)13/h3-5,10H,6,14H2,1-2H3. The summed E-state index contributed by atoms with van der Waals surface area (Å²) in [6.45, 7) is 0.502. The predicted octanol–water partition coefficient (Wildman–Crippen LogP) is 1.35. The van der Waals surface area contributed by atoms with Crippen molar-refractivity contribution in [1.82, 2.24) is 15.0 Å². The number of non-ortho nitro benzene ring substituents is 1. The summed E-state index contributed by atoms with van der Waals surface area (Å²) in [5.74, 6) is -0.622. The molecule has 9 heteroatoms. The molecule has 8 nitrogen and oxygen atoms in total. The lowest BCUT2D eigenvalue weighted by Crippen LogP contribution is -2.26. The van der Waals surface area contributed by atoms with Gasteiger partial charge < -0.3 is 15.2 Å². The molecule has 2 N–H and O–H groups in total. The highest BCUT2D eigenvalue weighted by atomic mass is 19.1. The van der Waals surface area contributed by atoms with Crippen molar-refractivity contribution in [3.8, 4) is 11.5 Å². The number of hydrogen-bond donors (Lipinski definition) is 1. The number of hydrogen-bond acceptors (Lipinski definition) is 7. The molecule has 1 aromatic heterocycles. The fraction of sp³-hybridized carbons (Fsp3) is 0.333. The molecule has 1 unspecified atom stereocenters. The fourth-order valence-corrected chi connectivity index (χ4v) is 1.76. The molecular formula is C12H14FN5O3. The van der Waals surface area contributed by atoms with E-state index in [1.54, 1.807) is 0 Å². The summed E-state index contributed by atoms with van der Waals surface area (Å²) in [6, 6.07) is 2.72. The lowest BCUT2D eigenvalue weighted by molar-refractivity contribution is -0.385. The van der Waals surface area contributed by atoms with E-state index in [0.29, 0.717) is 6.54 Å². The summed E-state index contributed by atoms with van der Waals surface area (Å²) in [5.41, 5.74) is 5.53. The van der Waals surface area contributed by atoms with Gasteiger partial charge in [-0.3, -0.25) is 10.1 Å². The number of rotatable bonds is 5. The van der Waals surface area contributed by atoms with Crippen LogP contribution in [-0.2, 0) is 0 Å². The molecular weight excluding hydrogens is 281 g/mol. The number of benzene rings is 1. The van der Waals surface area contributed by atoms with E-state index in [1.165, 1.54) is 12.1 Å². The average molecular weight is 295 g/mol. The van der Waals surface area contributed by atoms with Crippen molar-refractivity contribution >= 4 is 5.69 Å². The third kappa shape index (κ3) is 3.38. The Morgan fingerprint density at radius 1 is 1.52 bits per heavy atom. The second-order valence-electron chi connectivity index (χ2n) is 4.75. The maximum atomic E-state index is 13.8. The molecule has 2 aromatic rings. The molecule has 2 rings (SSSR count). The summed E-state index contributed by atoms with van der Waals surface area (Å²) in [6.07, 6.45) is 0. The lowest BCUT2D eigenvalue weighted by Gasteiger charge is -2.12. The molecule has 112 valence electrons. The van der Waals surface area contributed by atoms with E-state index in [-0.39, 0.29) is 23.0 Å². The first-order valence-corrected chi connectivity index (χ1v) is 6.06. The number of nitrogens with two attached hydrogens (primary N) is 1. The van der Waals surface area contributed by atoms with Crippen LogP contribution in [-0.4, -0.2) is 40.6 Å². The Kier molecular flexibility index (Phi) is 4.24. The van der Waals surface area contributed by atoms with Crippen LogP contribution in [0.5, 0.6) is 0 Å². The zero-order chi connectivity index (χ0) is 15.6. The van der Waals surface area contributed by atoms with Gasteiger partial charge in [-0.2, -0.15) is 4.98 Å². The topological polar surface area (TPSA) is 111 Å². The van der Waals surface area contributed by atoms with Gasteiger partial charge in [0.2, 0.25) is 0 Å². The van der Waals surface area contributed by atoms with Crippen LogP contribution in [0.25, 0.3) is 11.5 Å². The first-order valence-electron chi connectivity index (χ1n) is 6.06. The van der Waals surface area contributed by atoms with Gasteiger partial charge in [0.1, 0.15) is 5.82 Å². The van der Waals surface area contributed by atoms with Crippen molar-refractivity contribution < 1.29 is 13.8 Å². The van der Waals surface area contributed by atoms with E-state index in [0.717, 1.165) is 6.07 Å². The molecule has 0 fully saturated rings. The number of nitrogens with zero attached hydrogens (tertiary/aromatic N) is 4. The number of aromatic nitrogens is 2. The van der Waals surface area contributed by atoms with Gasteiger partial charge >= 0.3 is 0 Å². The number of halogens is 1. The Bertz CT molecular complexity index is 658. The first kappa shape index (κ1) is 15.0. The highest BCUT2D eigenvalue weighted by Crippen LogP contribution is 2.25. The number of nitro groups is 1.